The van der Waals surface area contributed by atoms with E-state index in [4.69, 9.17) is 0 Å². The molecular weight excluding hydrogens is 682 g/mol. The molecule has 0 bridgehead atoms. The van der Waals surface area contributed by atoms with Gasteiger partial charge in [0.05, 0.1) is 0 Å². The van der Waals surface area contributed by atoms with Crippen LogP contribution in [0, 0.1) is 11.8 Å². The Morgan fingerprint density at radius 3 is 1.41 bits per heavy atom. The molecule has 2 aromatic rings. The zero-order valence-corrected chi connectivity index (χ0v) is 28.0. The van der Waals surface area contributed by atoms with Gasteiger partial charge in [-0.2, -0.15) is 0 Å². The number of fused-ring (bicyclic) bond motifs is 2. The molecule has 0 aliphatic heterocycles. The Balaban J connectivity index is 0.00000137. The number of hydrogen-bond donors (Lipinski definition) is 0. The second kappa shape index (κ2) is 10.4. The van der Waals surface area contributed by atoms with Gasteiger partial charge in [0.1, 0.15) is 0 Å². The summed E-state index contributed by atoms with van der Waals surface area (Å²) in [6, 6.07) is 24.1. The predicted molar refractivity (Wildman–Crippen MR) is 152 cm³/mol. The summed E-state index contributed by atoms with van der Waals surface area (Å²) in [7, 11) is 0. The summed E-state index contributed by atoms with van der Waals surface area (Å²) >= 11 is -2.48. The second-order valence-electron chi connectivity index (χ2n) is 10.7. The van der Waals surface area contributed by atoms with Crippen LogP contribution in [0.25, 0.3) is 0 Å². The molecular formula is C30H36Cl2GeHf. The third kappa shape index (κ3) is 3.80. The predicted octanol–water partition coefficient (Wildman–Crippen LogP) is 6.89. The minimum atomic E-state index is -3.95. The molecule has 2 fully saturated rings. The molecule has 0 aromatic heterocycles. The maximum absolute atomic E-state index is 3.95. The van der Waals surface area contributed by atoms with Gasteiger partial charge >= 0.3 is 200 Å². The molecule has 0 nitrogen and oxygen atoms in total. The number of halogens is 2. The Morgan fingerprint density at radius 1 is 0.588 bits per heavy atom. The first kappa shape index (κ1) is 26.5. The Bertz CT molecular complexity index is 1110. The van der Waals surface area contributed by atoms with E-state index >= 15 is 0 Å². The van der Waals surface area contributed by atoms with E-state index in [9.17, 15) is 0 Å². The number of benzene rings is 2. The van der Waals surface area contributed by atoms with Crippen LogP contribution in [0.4, 0.5) is 0 Å². The van der Waals surface area contributed by atoms with Crippen molar-refractivity contribution < 1.29 is 15.4 Å². The van der Waals surface area contributed by atoms with E-state index in [-0.39, 0.29) is 24.8 Å². The van der Waals surface area contributed by atoms with Crippen LogP contribution in [0.5, 0.6) is 0 Å². The van der Waals surface area contributed by atoms with Crippen molar-refractivity contribution in [3.63, 3.8) is 0 Å². The van der Waals surface area contributed by atoms with Crippen LogP contribution in [-0.4, -0.2) is 12.2 Å². The monoisotopic (exact) mass is 720 g/mol. The van der Waals surface area contributed by atoms with Gasteiger partial charge in [-0.25, -0.2) is 0 Å². The van der Waals surface area contributed by atoms with Gasteiger partial charge in [-0.15, -0.1) is 24.8 Å². The fourth-order valence-corrected chi connectivity index (χ4v) is 60.9. The van der Waals surface area contributed by atoms with Crippen LogP contribution < -0.4 is 6.64 Å². The molecule has 0 radical (unpaired) electrons. The number of hydrogen-bond acceptors (Lipinski definition) is 0. The topological polar surface area (TPSA) is 0 Å². The van der Waals surface area contributed by atoms with Gasteiger partial charge in [-0.05, 0) is 0 Å². The molecule has 0 amide bonds. The second-order valence-corrected chi connectivity index (χ2v) is 57.7. The van der Waals surface area contributed by atoms with Crippen LogP contribution >= 0.6 is 24.8 Å². The first-order valence-electron chi connectivity index (χ1n) is 12.6. The molecule has 4 atom stereocenters. The van der Waals surface area contributed by atoms with E-state index in [0.717, 1.165) is 19.2 Å². The summed E-state index contributed by atoms with van der Waals surface area (Å²) in [6.45, 7) is 0. The SMILES string of the molecule is Cl.Cl.[GeH2]=[Hf]([c]1ccccc1)([c]1ccccc1)([CH]1CCC2CC=CC=C21)[CH]1CCC2CC=CC=C21. The molecule has 4 heteroatoms. The van der Waals surface area contributed by atoms with E-state index in [1.165, 1.54) is 50.7 Å². The van der Waals surface area contributed by atoms with Crippen LogP contribution in [0.2, 0.25) is 7.35 Å². The van der Waals surface area contributed by atoms with Crippen molar-refractivity contribution in [1.82, 2.24) is 0 Å². The average Bonchev–Trinajstić information content (AvgIpc) is 3.50. The fourth-order valence-electron chi connectivity index (χ4n) is 8.13. The Hall–Kier alpha value is -0.607. The van der Waals surface area contributed by atoms with Crippen molar-refractivity contribution in [2.75, 3.05) is 0 Å². The van der Waals surface area contributed by atoms with Gasteiger partial charge in [0.25, 0.3) is 0 Å². The summed E-state index contributed by atoms with van der Waals surface area (Å²) in [5.41, 5.74) is 3.66. The van der Waals surface area contributed by atoms with Gasteiger partial charge in [0.15, 0.2) is 0 Å². The van der Waals surface area contributed by atoms with E-state index in [1.807, 2.05) is 11.1 Å². The fraction of sp³-hybridized carbons (Fsp3) is 0.333. The summed E-state index contributed by atoms with van der Waals surface area (Å²) < 4.78 is 5.14. The van der Waals surface area contributed by atoms with Crippen molar-refractivity contribution >= 4 is 43.7 Å². The van der Waals surface area contributed by atoms with Crippen molar-refractivity contribution in [2.24, 2.45) is 11.8 Å². The van der Waals surface area contributed by atoms with Gasteiger partial charge in [0.2, 0.25) is 0 Å². The molecule has 4 aliphatic rings. The summed E-state index contributed by atoms with van der Waals surface area (Å²) in [6.07, 6.45) is 22.8. The Kier molecular flexibility index (Phi) is 8.10. The summed E-state index contributed by atoms with van der Waals surface area (Å²) in [4.78, 5) is 0. The molecule has 0 heterocycles. The van der Waals surface area contributed by atoms with Crippen molar-refractivity contribution in [3.05, 3.63) is 108 Å². The van der Waals surface area contributed by atoms with Crippen LogP contribution in [-0.2, 0) is 15.4 Å². The van der Waals surface area contributed by atoms with E-state index in [1.54, 1.807) is 6.64 Å². The van der Waals surface area contributed by atoms with E-state index in [2.05, 4.69) is 97.1 Å². The molecule has 2 aromatic carbocycles. The quantitative estimate of drug-likeness (QED) is 0.303. The van der Waals surface area contributed by atoms with Crippen LogP contribution in [0.1, 0.15) is 38.5 Å². The van der Waals surface area contributed by atoms with Crippen molar-refractivity contribution in [2.45, 2.75) is 45.9 Å². The van der Waals surface area contributed by atoms with Crippen molar-refractivity contribution in [3.8, 4) is 0 Å². The Morgan fingerprint density at radius 2 is 1.00 bits per heavy atom. The molecule has 4 aliphatic carbocycles. The van der Waals surface area contributed by atoms with Gasteiger partial charge in [-0.1, -0.05) is 0 Å². The third-order valence-corrected chi connectivity index (χ3v) is 68.6. The van der Waals surface area contributed by atoms with Crippen molar-refractivity contribution in [1.29, 1.82) is 0 Å². The molecule has 34 heavy (non-hydrogen) atoms. The van der Waals surface area contributed by atoms with Gasteiger partial charge in [0, 0.05) is 0 Å². The standard InChI is InChI=1S/2C9H11.2C6H5.2ClH.GeH2.Hf/c2*1-2-5-9-7-3-6-8(9)4-1;2*1-2-4-6-5-3-1;;;;/h2*1-2,4,6,9H,3,5,7H2;2*1-5H;2*1H;1H2;. The van der Waals surface area contributed by atoms with Gasteiger partial charge in [-0.3, -0.25) is 0 Å². The average molecular weight is 719 g/mol. The molecule has 0 spiro atoms. The zero-order chi connectivity index (χ0) is 21.6. The molecule has 0 N–H and O–H groups in total. The number of rotatable bonds is 4. The van der Waals surface area contributed by atoms with E-state index in [0.29, 0.717) is 0 Å². The first-order valence-corrected chi connectivity index (χ1v) is 35.0. The Labute approximate surface area is 223 Å². The molecule has 2 saturated carbocycles. The summed E-state index contributed by atoms with van der Waals surface area (Å²) in [5, 5.41) is 0. The first-order chi connectivity index (χ1) is 15.7. The van der Waals surface area contributed by atoms with Gasteiger partial charge < -0.3 is 0 Å². The van der Waals surface area contributed by atoms with Crippen LogP contribution in [0.15, 0.2) is 108 Å². The maximum atomic E-state index is 2.56. The molecule has 0 saturated heterocycles. The molecule has 6 rings (SSSR count). The normalized spacial score (nSPS) is 27.6. The third-order valence-electron chi connectivity index (χ3n) is 9.55. The minimum absolute atomic E-state index is 0. The molecule has 4 unspecified atom stereocenters. The summed E-state index contributed by atoms with van der Waals surface area (Å²) in [5.74, 6) is 1.58. The number of allylic oxidation sites excluding steroid dienone is 8. The van der Waals surface area contributed by atoms with Crippen LogP contribution in [0.3, 0.4) is 0 Å². The molecule has 178 valence electrons. The van der Waals surface area contributed by atoms with E-state index < -0.39 is 15.4 Å². The zero-order valence-electron chi connectivity index (χ0n) is 19.8.